The molecular formula is C28H34F3N3. The van der Waals surface area contributed by atoms with Crippen molar-refractivity contribution in [2.45, 2.75) is 71.5 Å². The zero-order valence-corrected chi connectivity index (χ0v) is 20.2. The Bertz CT molecular complexity index is 1140. The summed E-state index contributed by atoms with van der Waals surface area (Å²) in [6.07, 6.45) is 6.93. The predicted octanol–water partition coefficient (Wildman–Crippen LogP) is 7.52. The van der Waals surface area contributed by atoms with E-state index in [1.165, 1.54) is 68.0 Å². The molecule has 1 aliphatic carbocycles. The van der Waals surface area contributed by atoms with Gasteiger partial charge in [-0.25, -0.2) is 4.98 Å². The molecule has 1 saturated heterocycles. The van der Waals surface area contributed by atoms with Crippen LogP contribution in [0.25, 0.3) is 10.9 Å². The Morgan fingerprint density at radius 1 is 0.912 bits per heavy atom. The molecule has 0 bridgehead atoms. The first-order valence-corrected chi connectivity index (χ1v) is 12.7. The molecule has 34 heavy (non-hydrogen) atoms. The second-order valence-corrected chi connectivity index (χ2v) is 10.3. The van der Waals surface area contributed by atoms with Crippen molar-refractivity contribution >= 4 is 16.7 Å². The Kier molecular flexibility index (Phi) is 6.34. The molecule has 5 rings (SSSR count). The van der Waals surface area contributed by atoms with E-state index in [9.17, 15) is 13.2 Å². The van der Waals surface area contributed by atoms with Crippen molar-refractivity contribution in [1.29, 1.82) is 0 Å². The average molecular weight is 470 g/mol. The smallest absolute Gasteiger partial charge is 0.355 e. The number of rotatable bonds is 4. The topological polar surface area (TPSA) is 21.1 Å². The van der Waals surface area contributed by atoms with Gasteiger partial charge in [-0.05, 0) is 67.9 Å². The highest BCUT2D eigenvalue weighted by Crippen LogP contribution is 2.38. The highest BCUT2D eigenvalue weighted by molar-refractivity contribution is 5.93. The number of hydrogen-bond donors (Lipinski definition) is 0. The third kappa shape index (κ3) is 4.44. The highest BCUT2D eigenvalue weighted by atomic mass is 19.4. The monoisotopic (exact) mass is 469 g/mol. The molecule has 1 aliphatic heterocycles. The third-order valence-corrected chi connectivity index (χ3v) is 8.22. The maximum absolute atomic E-state index is 13.0. The molecule has 1 unspecified atom stereocenters. The molecule has 3 heterocycles. The van der Waals surface area contributed by atoms with Gasteiger partial charge >= 0.3 is 6.18 Å². The molecule has 2 aromatic heterocycles. The lowest BCUT2D eigenvalue weighted by Gasteiger charge is -2.39. The van der Waals surface area contributed by atoms with Gasteiger partial charge in [0.1, 0.15) is 0 Å². The number of benzene rings is 1. The van der Waals surface area contributed by atoms with Gasteiger partial charge in [0.05, 0.1) is 11.1 Å². The van der Waals surface area contributed by atoms with Crippen molar-refractivity contribution in [3.63, 3.8) is 0 Å². The van der Waals surface area contributed by atoms with Crippen LogP contribution in [-0.2, 0) is 12.7 Å². The summed E-state index contributed by atoms with van der Waals surface area (Å²) in [6, 6.07) is 7.63. The molecular weight excluding hydrogens is 435 g/mol. The largest absolute Gasteiger partial charge is 0.416 e. The standard InChI is InChI=1S/C28H34F3N3/c1-19-20(2)34(17-21-10-12-24(13-11-21)28(29,30)31)26-25(19)14-15-32-27(26)33-16-6-9-23(18-33)22-7-4-3-5-8-22/h10-15,22-23H,3-9,16-18H2,1-2H3. The van der Waals surface area contributed by atoms with Gasteiger partial charge in [-0.3, -0.25) is 0 Å². The number of hydrogen-bond acceptors (Lipinski definition) is 2. The molecule has 182 valence electrons. The van der Waals surface area contributed by atoms with E-state index in [1.54, 1.807) is 12.1 Å². The molecule has 1 atom stereocenters. The Morgan fingerprint density at radius 2 is 1.62 bits per heavy atom. The first kappa shape index (κ1) is 23.3. The predicted molar refractivity (Wildman–Crippen MR) is 131 cm³/mol. The first-order valence-electron chi connectivity index (χ1n) is 12.7. The van der Waals surface area contributed by atoms with Crippen LogP contribution in [-0.4, -0.2) is 22.6 Å². The maximum Gasteiger partial charge on any atom is 0.416 e. The zero-order valence-electron chi connectivity index (χ0n) is 20.2. The normalized spacial score (nSPS) is 20.3. The van der Waals surface area contributed by atoms with Crippen LogP contribution in [0.3, 0.4) is 0 Å². The van der Waals surface area contributed by atoms with Crippen LogP contribution in [0, 0.1) is 25.7 Å². The van der Waals surface area contributed by atoms with E-state index in [1.807, 2.05) is 6.20 Å². The van der Waals surface area contributed by atoms with Crippen LogP contribution in [0.1, 0.15) is 67.3 Å². The molecule has 0 amide bonds. The first-order chi connectivity index (χ1) is 16.3. The summed E-state index contributed by atoms with van der Waals surface area (Å²) >= 11 is 0. The number of anilines is 1. The van der Waals surface area contributed by atoms with Gasteiger partial charge in [0.25, 0.3) is 0 Å². The Hall–Kier alpha value is -2.50. The number of piperidine rings is 1. The molecule has 3 aromatic rings. The molecule has 0 N–H and O–H groups in total. The number of aryl methyl sites for hydroxylation is 1. The van der Waals surface area contributed by atoms with Gasteiger partial charge in [-0.15, -0.1) is 0 Å². The molecule has 3 nitrogen and oxygen atoms in total. The van der Waals surface area contributed by atoms with Crippen molar-refractivity contribution in [1.82, 2.24) is 9.55 Å². The van der Waals surface area contributed by atoms with Crippen molar-refractivity contribution < 1.29 is 13.2 Å². The van der Waals surface area contributed by atoms with Gasteiger partial charge in [-0.1, -0.05) is 44.2 Å². The second kappa shape index (κ2) is 9.27. The summed E-state index contributed by atoms with van der Waals surface area (Å²) in [7, 11) is 0. The van der Waals surface area contributed by atoms with Crippen molar-refractivity contribution in [2.75, 3.05) is 18.0 Å². The number of fused-ring (bicyclic) bond motifs is 1. The zero-order chi connectivity index (χ0) is 23.9. The van der Waals surface area contributed by atoms with Crippen LogP contribution in [0.4, 0.5) is 19.0 Å². The van der Waals surface area contributed by atoms with E-state index in [-0.39, 0.29) is 0 Å². The second-order valence-electron chi connectivity index (χ2n) is 10.3. The van der Waals surface area contributed by atoms with Crippen LogP contribution >= 0.6 is 0 Å². The van der Waals surface area contributed by atoms with Gasteiger partial charge < -0.3 is 9.47 Å². The fourth-order valence-electron chi connectivity index (χ4n) is 6.18. The lowest BCUT2D eigenvalue weighted by atomic mass is 9.76. The van der Waals surface area contributed by atoms with Gasteiger partial charge in [0.15, 0.2) is 5.82 Å². The quantitative estimate of drug-likeness (QED) is 0.394. The molecule has 1 aromatic carbocycles. The minimum absolute atomic E-state index is 0.535. The SMILES string of the molecule is Cc1c(C)n(Cc2ccc(C(F)(F)F)cc2)c2c(N3CCCC(C4CCCCC4)C3)nccc12. The van der Waals surface area contributed by atoms with E-state index in [0.29, 0.717) is 6.54 Å². The summed E-state index contributed by atoms with van der Waals surface area (Å²) < 4.78 is 41.3. The van der Waals surface area contributed by atoms with Gasteiger partial charge in [0.2, 0.25) is 0 Å². The Morgan fingerprint density at radius 3 is 2.32 bits per heavy atom. The van der Waals surface area contributed by atoms with E-state index in [4.69, 9.17) is 4.98 Å². The number of alkyl halides is 3. The van der Waals surface area contributed by atoms with Crippen molar-refractivity contribution in [2.24, 2.45) is 11.8 Å². The number of halogens is 3. The maximum atomic E-state index is 13.0. The van der Waals surface area contributed by atoms with Crippen LogP contribution in [0.15, 0.2) is 36.5 Å². The molecule has 0 spiro atoms. The summed E-state index contributed by atoms with van der Waals surface area (Å²) in [5, 5.41) is 1.19. The number of pyridine rings is 1. The summed E-state index contributed by atoms with van der Waals surface area (Å²) in [5.41, 5.74) is 3.73. The van der Waals surface area contributed by atoms with Gasteiger partial charge in [0, 0.05) is 36.9 Å². The average Bonchev–Trinajstić information content (AvgIpc) is 3.09. The van der Waals surface area contributed by atoms with E-state index in [2.05, 4.69) is 29.4 Å². The van der Waals surface area contributed by atoms with Crippen LogP contribution < -0.4 is 4.90 Å². The Balaban J connectivity index is 1.48. The van der Waals surface area contributed by atoms with Gasteiger partial charge in [-0.2, -0.15) is 13.2 Å². The fourth-order valence-corrected chi connectivity index (χ4v) is 6.18. The van der Waals surface area contributed by atoms with E-state index >= 15 is 0 Å². The fraction of sp³-hybridized carbons (Fsp3) is 0.536. The van der Waals surface area contributed by atoms with E-state index in [0.717, 1.165) is 47.5 Å². The Labute approximate surface area is 200 Å². The molecule has 2 aliphatic rings. The van der Waals surface area contributed by atoms with Crippen molar-refractivity contribution in [3.8, 4) is 0 Å². The summed E-state index contributed by atoms with van der Waals surface area (Å²) in [6.45, 7) is 6.84. The lowest BCUT2D eigenvalue weighted by Crippen LogP contribution is -2.39. The van der Waals surface area contributed by atoms with E-state index < -0.39 is 11.7 Å². The molecule has 0 radical (unpaired) electrons. The molecule has 6 heteroatoms. The minimum Gasteiger partial charge on any atom is -0.355 e. The molecule has 2 fully saturated rings. The highest BCUT2D eigenvalue weighted by Gasteiger charge is 2.31. The number of nitrogens with zero attached hydrogens (tertiary/aromatic N) is 3. The summed E-state index contributed by atoms with van der Waals surface area (Å²) in [5.74, 6) is 2.59. The lowest BCUT2D eigenvalue weighted by molar-refractivity contribution is -0.137. The minimum atomic E-state index is -4.31. The number of aromatic nitrogens is 2. The van der Waals surface area contributed by atoms with Crippen LogP contribution in [0.5, 0.6) is 0 Å². The third-order valence-electron chi connectivity index (χ3n) is 8.22. The van der Waals surface area contributed by atoms with Crippen molar-refractivity contribution in [3.05, 3.63) is 58.9 Å². The summed E-state index contributed by atoms with van der Waals surface area (Å²) in [4.78, 5) is 7.35. The van der Waals surface area contributed by atoms with Crippen LogP contribution in [0.2, 0.25) is 0 Å². The molecule has 1 saturated carbocycles.